The van der Waals surface area contributed by atoms with Gasteiger partial charge in [-0.05, 0) is 24.8 Å². The Labute approximate surface area is 108 Å². The first kappa shape index (κ1) is 11.9. The molecule has 98 valence electrons. The molecule has 1 saturated heterocycles. The van der Waals surface area contributed by atoms with Gasteiger partial charge in [0.25, 0.3) is 0 Å². The van der Waals surface area contributed by atoms with E-state index in [0.717, 1.165) is 32.1 Å². The second-order valence-corrected chi connectivity index (χ2v) is 5.41. The molecule has 0 aromatic carbocycles. The Balaban J connectivity index is 1.54. The molecule has 0 radical (unpaired) electrons. The first-order valence-electron chi connectivity index (χ1n) is 6.90. The molecule has 1 aliphatic carbocycles. The van der Waals surface area contributed by atoms with E-state index in [2.05, 4.69) is 14.8 Å². The molecule has 0 bridgehead atoms. The smallest absolute Gasteiger partial charge is 0.164 e. The van der Waals surface area contributed by atoms with E-state index in [9.17, 15) is 4.39 Å². The molecule has 0 atom stereocenters. The third-order valence-corrected chi connectivity index (χ3v) is 4.21. The van der Waals surface area contributed by atoms with Crippen molar-refractivity contribution < 1.29 is 4.39 Å². The Morgan fingerprint density at radius 3 is 2.61 bits per heavy atom. The van der Waals surface area contributed by atoms with Crippen molar-refractivity contribution in [1.82, 2.24) is 9.88 Å². The zero-order chi connectivity index (χ0) is 12.4. The quantitative estimate of drug-likeness (QED) is 0.818. The number of hydrogen-bond acceptors (Lipinski definition) is 3. The fraction of sp³-hybridized carbons (Fsp3) is 0.643. The molecule has 0 spiro atoms. The minimum Gasteiger partial charge on any atom is -0.367 e. The number of nitrogens with zero attached hydrogens (tertiary/aromatic N) is 3. The molecule has 18 heavy (non-hydrogen) atoms. The molecule has 0 unspecified atom stereocenters. The lowest BCUT2D eigenvalue weighted by molar-refractivity contribution is 0.170. The molecule has 3 rings (SSSR count). The summed E-state index contributed by atoms with van der Waals surface area (Å²) in [5, 5.41) is 0. The summed E-state index contributed by atoms with van der Waals surface area (Å²) in [5.41, 5.74) is 0.702. The van der Waals surface area contributed by atoms with E-state index >= 15 is 0 Å². The van der Waals surface area contributed by atoms with Gasteiger partial charge in [0.05, 0.1) is 11.9 Å². The second kappa shape index (κ2) is 5.22. The summed E-state index contributed by atoms with van der Waals surface area (Å²) in [6.45, 7) is 5.20. The van der Waals surface area contributed by atoms with Crippen LogP contribution in [0, 0.1) is 11.7 Å². The summed E-state index contributed by atoms with van der Waals surface area (Å²) in [4.78, 5) is 8.46. The molecule has 1 aliphatic heterocycles. The van der Waals surface area contributed by atoms with Gasteiger partial charge in [0, 0.05) is 38.9 Å². The minimum atomic E-state index is -0.204. The van der Waals surface area contributed by atoms with Crippen LogP contribution in [0.1, 0.15) is 19.3 Å². The number of halogens is 1. The predicted molar refractivity (Wildman–Crippen MR) is 70.2 cm³/mol. The molecule has 2 heterocycles. The van der Waals surface area contributed by atoms with E-state index in [0.29, 0.717) is 5.69 Å². The third-order valence-electron chi connectivity index (χ3n) is 4.21. The van der Waals surface area contributed by atoms with Gasteiger partial charge in [0.15, 0.2) is 5.82 Å². The van der Waals surface area contributed by atoms with Crippen molar-refractivity contribution in [3.8, 4) is 0 Å². The van der Waals surface area contributed by atoms with Crippen molar-refractivity contribution >= 4 is 5.69 Å². The summed E-state index contributed by atoms with van der Waals surface area (Å²) in [7, 11) is 0. The average molecular weight is 249 g/mol. The Bertz CT molecular complexity index is 398. The molecule has 1 aromatic rings. The van der Waals surface area contributed by atoms with Crippen LogP contribution in [0.15, 0.2) is 18.5 Å². The van der Waals surface area contributed by atoms with Crippen LogP contribution in [0.4, 0.5) is 10.1 Å². The maximum Gasteiger partial charge on any atom is 0.164 e. The molecule has 3 nitrogen and oxygen atoms in total. The summed E-state index contributed by atoms with van der Waals surface area (Å²) in [5.74, 6) is 0.721. The van der Waals surface area contributed by atoms with Gasteiger partial charge in [-0.15, -0.1) is 0 Å². The van der Waals surface area contributed by atoms with Crippen LogP contribution in [0.2, 0.25) is 0 Å². The topological polar surface area (TPSA) is 19.4 Å². The lowest BCUT2D eigenvalue weighted by Crippen LogP contribution is -2.48. The van der Waals surface area contributed by atoms with Crippen molar-refractivity contribution in [2.45, 2.75) is 19.3 Å². The molecule has 0 N–H and O–H groups in total. The maximum absolute atomic E-state index is 13.6. The highest BCUT2D eigenvalue weighted by atomic mass is 19.1. The Kier molecular flexibility index (Phi) is 3.46. The van der Waals surface area contributed by atoms with Crippen molar-refractivity contribution in [2.75, 3.05) is 37.6 Å². The average Bonchev–Trinajstić information content (AvgIpc) is 2.35. The summed E-state index contributed by atoms with van der Waals surface area (Å²) in [6, 6.07) is 1.77. The van der Waals surface area contributed by atoms with Gasteiger partial charge in [0.1, 0.15) is 0 Å². The van der Waals surface area contributed by atoms with Gasteiger partial charge < -0.3 is 4.90 Å². The van der Waals surface area contributed by atoms with E-state index in [-0.39, 0.29) is 5.82 Å². The molecule has 0 amide bonds. The van der Waals surface area contributed by atoms with Crippen molar-refractivity contribution in [3.05, 3.63) is 24.3 Å². The van der Waals surface area contributed by atoms with E-state index in [1.165, 1.54) is 32.0 Å². The van der Waals surface area contributed by atoms with Crippen molar-refractivity contribution in [1.29, 1.82) is 0 Å². The summed E-state index contributed by atoms with van der Waals surface area (Å²) < 4.78 is 13.6. The number of rotatable bonds is 3. The fourth-order valence-corrected chi connectivity index (χ4v) is 2.84. The van der Waals surface area contributed by atoms with Crippen molar-refractivity contribution in [2.24, 2.45) is 5.92 Å². The highest BCUT2D eigenvalue weighted by Gasteiger charge is 2.24. The van der Waals surface area contributed by atoms with Gasteiger partial charge in [-0.3, -0.25) is 9.88 Å². The molecular weight excluding hydrogens is 229 g/mol. The number of aromatic nitrogens is 1. The van der Waals surface area contributed by atoms with E-state index in [1.807, 2.05) is 0 Å². The zero-order valence-corrected chi connectivity index (χ0v) is 10.7. The number of pyridine rings is 1. The Morgan fingerprint density at radius 1 is 1.22 bits per heavy atom. The van der Waals surface area contributed by atoms with Gasteiger partial charge in [0.2, 0.25) is 0 Å². The van der Waals surface area contributed by atoms with Crippen LogP contribution in [-0.2, 0) is 0 Å². The summed E-state index contributed by atoms with van der Waals surface area (Å²) >= 11 is 0. The van der Waals surface area contributed by atoms with Gasteiger partial charge in [-0.25, -0.2) is 4.39 Å². The van der Waals surface area contributed by atoms with Crippen molar-refractivity contribution in [3.63, 3.8) is 0 Å². The molecular formula is C14H20FN3. The molecule has 1 aromatic heterocycles. The summed E-state index contributed by atoms with van der Waals surface area (Å²) in [6.07, 6.45) is 7.18. The van der Waals surface area contributed by atoms with Crippen LogP contribution in [0.3, 0.4) is 0 Å². The van der Waals surface area contributed by atoms with Crippen LogP contribution < -0.4 is 4.90 Å². The second-order valence-electron chi connectivity index (χ2n) is 5.41. The van der Waals surface area contributed by atoms with Crippen LogP contribution in [0.25, 0.3) is 0 Å². The standard InChI is InChI=1S/C14H20FN3/c15-13-10-16-5-4-14(13)18-8-6-17(7-9-18)11-12-2-1-3-12/h4-5,10,12H,1-3,6-9,11H2. The van der Waals surface area contributed by atoms with Crippen LogP contribution >= 0.6 is 0 Å². The lowest BCUT2D eigenvalue weighted by Gasteiger charge is -2.39. The monoisotopic (exact) mass is 249 g/mol. The highest BCUT2D eigenvalue weighted by molar-refractivity contribution is 5.46. The van der Waals surface area contributed by atoms with Gasteiger partial charge in [-0.1, -0.05) is 6.42 Å². The van der Waals surface area contributed by atoms with Gasteiger partial charge in [-0.2, -0.15) is 0 Å². The van der Waals surface area contributed by atoms with Gasteiger partial charge >= 0.3 is 0 Å². The maximum atomic E-state index is 13.6. The predicted octanol–water partition coefficient (Wildman–Crippen LogP) is 2.14. The molecule has 4 heteroatoms. The minimum absolute atomic E-state index is 0.204. The highest BCUT2D eigenvalue weighted by Crippen LogP contribution is 2.28. The van der Waals surface area contributed by atoms with Crippen LogP contribution in [0.5, 0.6) is 0 Å². The third kappa shape index (κ3) is 2.48. The number of piperazine rings is 1. The SMILES string of the molecule is Fc1cnccc1N1CCN(CC2CCC2)CC1. The van der Waals surface area contributed by atoms with E-state index in [1.54, 1.807) is 12.3 Å². The fourth-order valence-electron chi connectivity index (χ4n) is 2.84. The number of anilines is 1. The van der Waals surface area contributed by atoms with Crippen LogP contribution in [-0.4, -0.2) is 42.6 Å². The first-order valence-corrected chi connectivity index (χ1v) is 6.90. The first-order chi connectivity index (χ1) is 8.83. The Hall–Kier alpha value is -1.16. The Morgan fingerprint density at radius 2 is 2.00 bits per heavy atom. The largest absolute Gasteiger partial charge is 0.367 e. The normalized spacial score (nSPS) is 21.9. The number of hydrogen-bond donors (Lipinski definition) is 0. The van der Waals surface area contributed by atoms with E-state index < -0.39 is 0 Å². The zero-order valence-electron chi connectivity index (χ0n) is 10.7. The van der Waals surface area contributed by atoms with E-state index in [4.69, 9.17) is 0 Å². The molecule has 1 saturated carbocycles. The lowest BCUT2D eigenvalue weighted by atomic mass is 9.85. The molecule has 2 fully saturated rings. The molecule has 2 aliphatic rings.